The molecule has 0 aliphatic heterocycles. The SMILES string of the molecule is Nc1ncnc2c1ncn2CCCOCCCC(F)(F)F. The number of rotatable bonds is 7. The molecule has 0 atom stereocenters. The Morgan fingerprint density at radius 2 is 1.90 bits per heavy atom. The molecule has 0 saturated heterocycles. The highest BCUT2D eigenvalue weighted by molar-refractivity contribution is 5.80. The second-order valence-corrected chi connectivity index (χ2v) is 4.55. The summed E-state index contributed by atoms with van der Waals surface area (Å²) in [5.74, 6) is 0.321. The van der Waals surface area contributed by atoms with Gasteiger partial charge in [-0.05, 0) is 12.8 Å². The molecule has 0 amide bonds. The zero-order chi connectivity index (χ0) is 15.3. The molecule has 0 radical (unpaired) electrons. The van der Waals surface area contributed by atoms with E-state index in [0.717, 1.165) is 0 Å². The Hall–Kier alpha value is -1.90. The van der Waals surface area contributed by atoms with Crippen LogP contribution >= 0.6 is 0 Å². The van der Waals surface area contributed by atoms with Crippen LogP contribution in [0.2, 0.25) is 0 Å². The molecule has 6 nitrogen and oxygen atoms in total. The molecule has 2 heterocycles. The number of aryl methyl sites for hydroxylation is 1. The van der Waals surface area contributed by atoms with Gasteiger partial charge in [-0.3, -0.25) is 0 Å². The van der Waals surface area contributed by atoms with Crippen molar-refractivity contribution in [2.45, 2.75) is 32.0 Å². The smallest absolute Gasteiger partial charge is 0.382 e. The normalized spacial score (nSPS) is 12.1. The van der Waals surface area contributed by atoms with Gasteiger partial charge in [0.1, 0.15) is 11.8 Å². The van der Waals surface area contributed by atoms with E-state index in [4.69, 9.17) is 10.5 Å². The molecule has 2 N–H and O–H groups in total. The van der Waals surface area contributed by atoms with Crippen molar-refractivity contribution in [2.24, 2.45) is 0 Å². The van der Waals surface area contributed by atoms with Gasteiger partial charge in [0.15, 0.2) is 11.5 Å². The van der Waals surface area contributed by atoms with Crippen LogP contribution < -0.4 is 5.73 Å². The van der Waals surface area contributed by atoms with E-state index in [1.807, 2.05) is 4.57 Å². The van der Waals surface area contributed by atoms with Crippen LogP contribution in [-0.4, -0.2) is 38.9 Å². The van der Waals surface area contributed by atoms with E-state index >= 15 is 0 Å². The van der Waals surface area contributed by atoms with Crippen LogP contribution in [-0.2, 0) is 11.3 Å². The van der Waals surface area contributed by atoms with Crippen molar-refractivity contribution < 1.29 is 17.9 Å². The lowest BCUT2D eigenvalue weighted by molar-refractivity contribution is -0.137. The number of alkyl halides is 3. The number of hydrogen-bond acceptors (Lipinski definition) is 5. The second kappa shape index (κ2) is 6.70. The van der Waals surface area contributed by atoms with E-state index in [0.29, 0.717) is 36.6 Å². The Morgan fingerprint density at radius 1 is 1.14 bits per heavy atom. The fraction of sp³-hybridized carbons (Fsp3) is 0.583. The molecule has 21 heavy (non-hydrogen) atoms. The zero-order valence-corrected chi connectivity index (χ0v) is 11.3. The summed E-state index contributed by atoms with van der Waals surface area (Å²) in [6, 6.07) is 0. The summed E-state index contributed by atoms with van der Waals surface area (Å²) in [5.41, 5.74) is 6.85. The first-order valence-electron chi connectivity index (χ1n) is 6.53. The molecule has 9 heteroatoms. The maximum absolute atomic E-state index is 11.9. The van der Waals surface area contributed by atoms with Crippen molar-refractivity contribution >= 4 is 17.0 Å². The quantitative estimate of drug-likeness (QED) is 0.793. The van der Waals surface area contributed by atoms with Gasteiger partial charge in [-0.2, -0.15) is 13.2 Å². The monoisotopic (exact) mass is 303 g/mol. The molecular formula is C12H16F3N5O. The van der Waals surface area contributed by atoms with E-state index in [1.165, 1.54) is 6.33 Å². The lowest BCUT2D eigenvalue weighted by Gasteiger charge is -2.07. The Labute approximate surface area is 119 Å². The highest BCUT2D eigenvalue weighted by Crippen LogP contribution is 2.21. The average Bonchev–Trinajstić information content (AvgIpc) is 2.81. The van der Waals surface area contributed by atoms with E-state index in [-0.39, 0.29) is 13.0 Å². The van der Waals surface area contributed by atoms with Gasteiger partial charge >= 0.3 is 6.18 Å². The number of halogens is 3. The van der Waals surface area contributed by atoms with E-state index in [2.05, 4.69) is 15.0 Å². The second-order valence-electron chi connectivity index (χ2n) is 4.55. The molecule has 0 aliphatic carbocycles. The number of nitrogens with two attached hydrogens (primary N) is 1. The number of imidazole rings is 1. The number of nitrogens with zero attached hydrogens (tertiary/aromatic N) is 4. The minimum absolute atomic E-state index is 0.0126. The fourth-order valence-electron chi connectivity index (χ4n) is 1.88. The van der Waals surface area contributed by atoms with Gasteiger partial charge < -0.3 is 15.0 Å². The summed E-state index contributed by atoms with van der Waals surface area (Å²) in [6.07, 6.45) is -1.31. The van der Waals surface area contributed by atoms with Crippen LogP contribution in [0, 0.1) is 0 Å². The molecule has 0 aromatic carbocycles. The van der Waals surface area contributed by atoms with Crippen molar-refractivity contribution in [3.63, 3.8) is 0 Å². The molecule has 0 saturated carbocycles. The van der Waals surface area contributed by atoms with E-state index in [9.17, 15) is 13.2 Å². The highest BCUT2D eigenvalue weighted by atomic mass is 19.4. The van der Waals surface area contributed by atoms with Crippen molar-refractivity contribution in [3.05, 3.63) is 12.7 Å². The Balaban J connectivity index is 1.70. The summed E-state index contributed by atoms with van der Waals surface area (Å²) < 4.78 is 42.7. The third-order valence-electron chi connectivity index (χ3n) is 2.87. The van der Waals surface area contributed by atoms with Gasteiger partial charge in [0, 0.05) is 26.2 Å². The molecule has 0 spiro atoms. The van der Waals surface area contributed by atoms with E-state index < -0.39 is 12.6 Å². The number of anilines is 1. The maximum atomic E-state index is 11.9. The van der Waals surface area contributed by atoms with Gasteiger partial charge in [-0.1, -0.05) is 0 Å². The first-order valence-corrected chi connectivity index (χ1v) is 6.53. The third kappa shape index (κ3) is 4.55. The molecule has 0 bridgehead atoms. The molecule has 0 unspecified atom stereocenters. The summed E-state index contributed by atoms with van der Waals surface area (Å²) in [4.78, 5) is 12.1. The molecule has 116 valence electrons. The number of aromatic nitrogens is 4. The highest BCUT2D eigenvalue weighted by Gasteiger charge is 2.25. The summed E-state index contributed by atoms with van der Waals surface area (Å²) >= 11 is 0. The van der Waals surface area contributed by atoms with Crippen molar-refractivity contribution in [1.29, 1.82) is 0 Å². The van der Waals surface area contributed by atoms with Crippen LogP contribution in [0.15, 0.2) is 12.7 Å². The molecule has 2 aromatic rings. The molecule has 0 aliphatic rings. The number of fused-ring (bicyclic) bond motifs is 1. The summed E-state index contributed by atoms with van der Waals surface area (Å²) in [7, 11) is 0. The summed E-state index contributed by atoms with van der Waals surface area (Å²) in [5, 5.41) is 0. The van der Waals surface area contributed by atoms with Gasteiger partial charge in [0.25, 0.3) is 0 Å². The van der Waals surface area contributed by atoms with Gasteiger partial charge in [0.05, 0.1) is 6.33 Å². The topological polar surface area (TPSA) is 78.9 Å². The lowest BCUT2D eigenvalue weighted by atomic mass is 10.3. The first-order chi connectivity index (χ1) is 9.97. The lowest BCUT2D eigenvalue weighted by Crippen LogP contribution is -2.09. The van der Waals surface area contributed by atoms with Crippen LogP contribution in [0.4, 0.5) is 19.0 Å². The van der Waals surface area contributed by atoms with Gasteiger partial charge in [-0.15, -0.1) is 0 Å². The third-order valence-corrected chi connectivity index (χ3v) is 2.87. The predicted molar refractivity (Wildman–Crippen MR) is 70.5 cm³/mol. The number of ether oxygens (including phenoxy) is 1. The van der Waals surface area contributed by atoms with E-state index in [1.54, 1.807) is 6.33 Å². The largest absolute Gasteiger partial charge is 0.389 e. The molecule has 2 aromatic heterocycles. The zero-order valence-electron chi connectivity index (χ0n) is 11.3. The molecule has 2 rings (SSSR count). The van der Waals surface area contributed by atoms with Crippen LogP contribution in [0.25, 0.3) is 11.2 Å². The Morgan fingerprint density at radius 3 is 2.67 bits per heavy atom. The predicted octanol–water partition coefficient (Wildman–Crippen LogP) is 2.16. The van der Waals surface area contributed by atoms with Gasteiger partial charge in [-0.25, -0.2) is 15.0 Å². The Bertz CT molecular complexity index is 584. The Kier molecular flexibility index (Phi) is 4.94. The summed E-state index contributed by atoms with van der Waals surface area (Å²) in [6.45, 7) is 1.10. The van der Waals surface area contributed by atoms with Gasteiger partial charge in [0.2, 0.25) is 0 Å². The van der Waals surface area contributed by atoms with Crippen molar-refractivity contribution in [1.82, 2.24) is 19.5 Å². The van der Waals surface area contributed by atoms with Crippen molar-refractivity contribution in [2.75, 3.05) is 18.9 Å². The number of nitrogen functional groups attached to an aromatic ring is 1. The molecule has 0 fully saturated rings. The van der Waals surface area contributed by atoms with Crippen LogP contribution in [0.5, 0.6) is 0 Å². The van der Waals surface area contributed by atoms with Crippen LogP contribution in [0.1, 0.15) is 19.3 Å². The first kappa shape index (κ1) is 15.5. The minimum atomic E-state index is -4.11. The van der Waals surface area contributed by atoms with Crippen molar-refractivity contribution in [3.8, 4) is 0 Å². The maximum Gasteiger partial charge on any atom is 0.389 e. The van der Waals surface area contributed by atoms with Crippen LogP contribution in [0.3, 0.4) is 0 Å². The minimum Gasteiger partial charge on any atom is -0.382 e. The average molecular weight is 303 g/mol. The number of hydrogen-bond donors (Lipinski definition) is 1. The molecular weight excluding hydrogens is 287 g/mol. The fourth-order valence-corrected chi connectivity index (χ4v) is 1.88. The standard InChI is InChI=1S/C12H16F3N5O/c13-12(14,15)3-1-5-21-6-2-4-20-8-19-9-10(16)17-7-18-11(9)20/h7-8H,1-6H2,(H2,16,17,18).